The zero-order valence-electron chi connectivity index (χ0n) is 59.2. The molecule has 0 amide bonds. The fourth-order valence-corrected chi connectivity index (χ4v) is 13.1. The summed E-state index contributed by atoms with van der Waals surface area (Å²) < 4.78 is 34.3. The Morgan fingerprint density at radius 3 is 1.94 bits per heavy atom. The lowest BCUT2D eigenvalue weighted by Crippen LogP contribution is -2.33. The molecule has 0 atom stereocenters. The second kappa shape index (κ2) is 44.9. The van der Waals surface area contributed by atoms with Crippen LogP contribution in [0.4, 0.5) is 11.4 Å². The Hall–Kier alpha value is -12.6. The number of nitro benzene ring substituents is 1. The fraction of sp³-hybridized carbons (Fsp3) is 0.101. The van der Waals surface area contributed by atoms with Gasteiger partial charge >= 0.3 is 0 Å². The van der Waals surface area contributed by atoms with Crippen LogP contribution < -0.4 is 19.1 Å². The zero-order valence-corrected chi connectivity index (χ0v) is 65.5. The number of anilines is 1. The highest BCUT2D eigenvalue weighted by Crippen LogP contribution is 2.39. The number of methoxy groups -OCH3 is 1. The Morgan fingerprint density at radius 1 is 0.628 bits per heavy atom. The minimum Gasteiger partial charge on any atom is -0.506 e. The predicted molar refractivity (Wildman–Crippen MR) is 435 cm³/mol. The highest BCUT2D eigenvalue weighted by molar-refractivity contribution is 9.10. The Bertz CT molecular complexity index is 5590. The monoisotopic (exact) mass is 1700 g/mol. The quantitative estimate of drug-likeness (QED) is 0.0566. The van der Waals surface area contributed by atoms with E-state index >= 15 is 0 Å². The average molecular weight is 1700 g/mol. The van der Waals surface area contributed by atoms with Crippen molar-refractivity contribution < 1.29 is 72.0 Å². The van der Waals surface area contributed by atoms with Crippen LogP contribution in [0.1, 0.15) is 112 Å². The summed E-state index contributed by atoms with van der Waals surface area (Å²) in [4.78, 5) is 107. The Morgan fingerprint density at radius 2 is 1.29 bits per heavy atom. The zero-order chi connectivity index (χ0) is 81.0. The summed E-state index contributed by atoms with van der Waals surface area (Å²) in [6, 6.07) is 55.0. The fourth-order valence-electron chi connectivity index (χ4n) is 10.2. The lowest BCUT2D eigenvalue weighted by atomic mass is 9.88. The van der Waals surface area contributed by atoms with Crippen LogP contribution in [0.3, 0.4) is 0 Å². The number of para-hydroxylation sites is 3. The van der Waals surface area contributed by atoms with Crippen LogP contribution in [0.15, 0.2) is 213 Å². The number of rotatable bonds is 15. The molecule has 1 saturated heterocycles. The number of aromatic hydroxyl groups is 1. The van der Waals surface area contributed by atoms with Gasteiger partial charge in [0.1, 0.15) is 104 Å². The van der Waals surface area contributed by atoms with Crippen LogP contribution in [0.5, 0.6) is 28.7 Å². The summed E-state index contributed by atoms with van der Waals surface area (Å²) in [5.41, 5.74) is 10.9. The van der Waals surface area contributed by atoms with Gasteiger partial charge < -0.3 is 24.2 Å². The number of aromatic nitrogens is 9. The summed E-state index contributed by atoms with van der Waals surface area (Å²) in [5.74, 6) is 3.40. The molecule has 34 heteroatoms. The van der Waals surface area contributed by atoms with E-state index in [4.69, 9.17) is 49.0 Å². The van der Waals surface area contributed by atoms with Gasteiger partial charge in [0.05, 0.1) is 54.9 Å². The summed E-state index contributed by atoms with van der Waals surface area (Å²) in [5, 5.41) is 43.5. The van der Waals surface area contributed by atoms with Crippen molar-refractivity contribution in [2.75, 3.05) is 31.7 Å². The lowest BCUT2D eigenvalue weighted by molar-refractivity contribution is -0.384. The van der Waals surface area contributed by atoms with E-state index in [0.29, 0.717) is 129 Å². The topological polar surface area (TPSA) is 369 Å². The molecule has 0 saturated carbocycles. The van der Waals surface area contributed by atoms with Gasteiger partial charge in [-0.1, -0.05) is 111 Å². The van der Waals surface area contributed by atoms with Crippen molar-refractivity contribution in [3.8, 4) is 28.7 Å². The molecule has 7 heterocycles. The van der Waals surface area contributed by atoms with Gasteiger partial charge in [-0.2, -0.15) is 8.75 Å². The normalized spacial score (nSPS) is 11.4. The van der Waals surface area contributed by atoms with Crippen molar-refractivity contribution in [1.82, 2.24) is 43.6 Å². The maximum absolute atomic E-state index is 11.3. The van der Waals surface area contributed by atoms with Crippen molar-refractivity contribution in [3.63, 3.8) is 0 Å². The molecule has 0 unspecified atom stereocenters. The number of hydrogen-bond donors (Lipinski definition) is 1. The van der Waals surface area contributed by atoms with Gasteiger partial charge in [-0.3, -0.25) is 53.3 Å². The first-order chi connectivity index (χ1) is 54.9. The van der Waals surface area contributed by atoms with E-state index in [9.17, 15) is 58.4 Å². The molecular formula is C79H61BrCl3N11O16S3. The number of thiophene rings is 1. The standard InChI is InChI=1S/C19H20N2O4.C11H8O2S.C10H8O2.C8H7N3O.C7H4BrClO2.C7H4Cl2O.C7H4N2O2.C7H4N2OS.C3H2N2OS/c1-25-19-5-3-2-4-16(19)15-8-10-20(11-9-15)17-7-6-14(13-22)12-18(17)21(23)24;12-8-11-10(6-7-14-11)13-9-4-2-1-3-5-9;11-6-8-5-9-3-1-2-4-10(9)12-7-8;1-11-8-3-2-6(5-12)4-7(8)9-10-11;8-6-2-5(9)1-4(3-10)7(6)11;8-6-2-1-3-7(9)5(6)4-10;10-4-5-1-2-6-7(3-5)9-11-8-6;10-4-5-2-1-3-6-7(5)9-11-8-6;6-1-3-2-7-5-4-3/h2-7,12-13,15H,8-11H2,1H3;1-8H;1-6H,7H2;2-5H,1H3;1-3,11H;1-4H;2*1-4H;1-2H. The summed E-state index contributed by atoms with van der Waals surface area (Å²) in [6.45, 7) is 1.84. The van der Waals surface area contributed by atoms with Gasteiger partial charge in [-0.05, 0) is 189 Å². The van der Waals surface area contributed by atoms with Crippen molar-refractivity contribution >= 4 is 192 Å². The first-order valence-corrected chi connectivity index (χ1v) is 37.4. The third kappa shape index (κ3) is 25.2. The molecule has 0 bridgehead atoms. The molecule has 16 rings (SSSR count). The van der Waals surface area contributed by atoms with Crippen LogP contribution in [-0.4, -0.2) is 137 Å². The number of hydrogen-bond acceptors (Lipinski definition) is 28. The molecule has 113 heavy (non-hydrogen) atoms. The number of carbonyl (C=O) groups is 9. The minimum absolute atomic E-state index is 0.0136. The second-order valence-electron chi connectivity index (χ2n) is 22.9. The smallest absolute Gasteiger partial charge is 0.293 e. The summed E-state index contributed by atoms with van der Waals surface area (Å²) in [6.07, 6.45) is 10.1. The number of aldehydes is 9. The first-order valence-electron chi connectivity index (χ1n) is 33.0. The van der Waals surface area contributed by atoms with Crippen LogP contribution >= 0.6 is 85.3 Å². The van der Waals surface area contributed by atoms with E-state index in [1.54, 1.807) is 96.0 Å². The molecule has 9 aromatic carbocycles. The molecule has 574 valence electrons. The van der Waals surface area contributed by atoms with E-state index in [2.05, 4.69) is 65.6 Å². The number of nitrogens with zero attached hydrogens (tertiary/aromatic N) is 11. The molecule has 5 aromatic heterocycles. The number of phenolic OH excluding ortho intramolecular Hbond substituents is 1. The lowest BCUT2D eigenvalue weighted by Gasteiger charge is -2.34. The molecule has 1 N–H and O–H groups in total. The third-order valence-corrected chi connectivity index (χ3v) is 19.1. The number of nitro groups is 1. The number of carbonyl (C=O) groups excluding carboxylic acids is 9. The Kier molecular flexibility index (Phi) is 34.2. The van der Waals surface area contributed by atoms with Gasteiger partial charge in [0.15, 0.2) is 31.4 Å². The van der Waals surface area contributed by atoms with E-state index in [0.717, 1.165) is 108 Å². The van der Waals surface area contributed by atoms with Gasteiger partial charge in [-0.15, -0.1) is 21.5 Å². The van der Waals surface area contributed by atoms with Crippen molar-refractivity contribution in [3.05, 3.63) is 289 Å². The van der Waals surface area contributed by atoms with Crippen molar-refractivity contribution in [2.24, 2.45) is 7.05 Å². The molecule has 0 radical (unpaired) electrons. The number of piperidine rings is 1. The molecule has 2 aliphatic heterocycles. The van der Waals surface area contributed by atoms with E-state index in [-0.39, 0.29) is 17.0 Å². The number of phenols is 1. The number of fused-ring (bicyclic) bond motifs is 4. The van der Waals surface area contributed by atoms with Crippen molar-refractivity contribution in [1.29, 1.82) is 0 Å². The number of ether oxygens (including phenoxy) is 3. The maximum Gasteiger partial charge on any atom is 0.293 e. The molecule has 2 aliphatic rings. The number of benzene rings is 9. The second-order valence-corrected chi connectivity index (χ2v) is 27.1. The molecule has 0 spiro atoms. The van der Waals surface area contributed by atoms with Crippen LogP contribution in [0.25, 0.3) is 39.2 Å². The first kappa shape index (κ1) is 86.0. The predicted octanol–water partition coefficient (Wildman–Crippen LogP) is 17.9. The van der Waals surface area contributed by atoms with Crippen LogP contribution in [0, 0.1) is 10.1 Å². The molecule has 27 nitrogen and oxygen atoms in total. The molecular weight excluding hydrogens is 1640 g/mol. The van der Waals surface area contributed by atoms with Gasteiger partial charge in [-0.25, -0.2) is 9.31 Å². The largest absolute Gasteiger partial charge is 0.506 e. The highest BCUT2D eigenvalue weighted by Gasteiger charge is 2.27. The van der Waals surface area contributed by atoms with Gasteiger partial charge in [0.25, 0.3) is 5.69 Å². The third-order valence-electron chi connectivity index (χ3n) is 15.7. The van der Waals surface area contributed by atoms with E-state index in [1.807, 2.05) is 108 Å². The Balaban J connectivity index is 0.000000163. The van der Waals surface area contributed by atoms with Gasteiger partial charge in [0, 0.05) is 70.0 Å². The number of aryl methyl sites for hydroxylation is 1. The SMILES string of the molecule is COc1ccccc1C1CCN(c2ccc(C=O)cc2[N+](=O)[O-])CC1.Cn1nnc2cc(C=O)ccc21.O=CC1=Cc2ccccc2OC1.O=Cc1c(Cl)cccc1Cl.O=Cc1cc(Cl)cc(Br)c1O.O=Cc1ccc2nonc2c1.O=Cc1cccc2nsnc12.O=Cc1csnn1.O=Cc1sccc1Oc1ccccc1. The highest BCUT2D eigenvalue weighted by atomic mass is 79.9. The van der Waals surface area contributed by atoms with E-state index in [1.165, 1.54) is 46.6 Å². The Labute approximate surface area is 678 Å². The maximum atomic E-state index is 11.3. The summed E-state index contributed by atoms with van der Waals surface area (Å²) in [7, 11) is 3.49. The molecule has 14 aromatic rings. The van der Waals surface area contributed by atoms with Crippen molar-refractivity contribution in [2.45, 2.75) is 18.8 Å². The van der Waals surface area contributed by atoms with Gasteiger partial charge in [0.2, 0.25) is 0 Å². The minimum atomic E-state index is -0.422. The molecule has 1 fully saturated rings. The van der Waals surface area contributed by atoms with Crippen LogP contribution in [0.2, 0.25) is 15.1 Å². The van der Waals surface area contributed by atoms with E-state index < -0.39 is 4.92 Å². The molecule has 0 aliphatic carbocycles. The number of halogens is 4. The summed E-state index contributed by atoms with van der Waals surface area (Å²) >= 11 is 23.5. The average Bonchev–Trinajstić information content (AvgIpc) is 1.66. The van der Waals surface area contributed by atoms with Crippen LogP contribution in [-0.2, 0) is 11.8 Å².